The van der Waals surface area contributed by atoms with Gasteiger partial charge in [-0.15, -0.1) is 0 Å². The third-order valence-corrected chi connectivity index (χ3v) is 2.85. The van der Waals surface area contributed by atoms with Gasteiger partial charge >= 0.3 is 0 Å². The smallest absolute Gasteiger partial charge is 0.261 e. The summed E-state index contributed by atoms with van der Waals surface area (Å²) in [7, 11) is 5.58. The van der Waals surface area contributed by atoms with Crippen molar-refractivity contribution in [3.8, 4) is 0 Å². The van der Waals surface area contributed by atoms with E-state index in [0.717, 1.165) is 11.4 Å². The number of aromatic nitrogens is 2. The molecule has 0 aliphatic carbocycles. The zero-order valence-corrected chi connectivity index (χ0v) is 11.2. The van der Waals surface area contributed by atoms with Crippen LogP contribution in [-0.2, 0) is 7.05 Å². The maximum absolute atomic E-state index is 12.1. The second-order valence-corrected chi connectivity index (χ2v) is 4.47. The fourth-order valence-electron chi connectivity index (χ4n) is 1.68. The number of hydrogen-bond donors (Lipinski definition) is 2. The van der Waals surface area contributed by atoms with E-state index < -0.39 is 0 Å². The van der Waals surface area contributed by atoms with Crippen LogP contribution in [0, 0.1) is 0 Å². The molecule has 1 heterocycles. The largest absolute Gasteiger partial charge is 0.383 e. The quantitative estimate of drug-likeness (QED) is 0.871. The van der Waals surface area contributed by atoms with Crippen LogP contribution in [0.15, 0.2) is 30.5 Å². The van der Waals surface area contributed by atoms with E-state index in [1.165, 1.54) is 10.9 Å². The summed E-state index contributed by atoms with van der Waals surface area (Å²) in [6.45, 7) is 0. The number of rotatable bonds is 3. The van der Waals surface area contributed by atoms with Gasteiger partial charge in [-0.1, -0.05) is 6.07 Å². The molecule has 19 heavy (non-hydrogen) atoms. The molecule has 1 amide bonds. The average molecular weight is 259 g/mol. The molecule has 3 N–H and O–H groups in total. The maximum atomic E-state index is 12.1. The summed E-state index contributed by atoms with van der Waals surface area (Å²) in [5.74, 6) is 0.0859. The van der Waals surface area contributed by atoms with Gasteiger partial charge in [0.15, 0.2) is 0 Å². The van der Waals surface area contributed by atoms with Gasteiger partial charge in [-0.2, -0.15) is 5.10 Å². The SMILES string of the molecule is CN(C)c1cccc(NC(=O)c2cnn(C)c2N)c1. The first-order valence-electron chi connectivity index (χ1n) is 5.85. The third kappa shape index (κ3) is 2.67. The first-order chi connectivity index (χ1) is 8.99. The van der Waals surface area contributed by atoms with Crippen molar-refractivity contribution >= 4 is 23.1 Å². The lowest BCUT2D eigenvalue weighted by Gasteiger charge is -2.13. The van der Waals surface area contributed by atoms with Crippen LogP contribution in [0.25, 0.3) is 0 Å². The molecule has 0 spiro atoms. The molecule has 6 nitrogen and oxygen atoms in total. The lowest BCUT2D eigenvalue weighted by Crippen LogP contribution is -2.14. The molecule has 1 aromatic heterocycles. The molecule has 2 aromatic rings. The number of nitrogens with one attached hydrogen (secondary N) is 1. The monoisotopic (exact) mass is 259 g/mol. The molecule has 0 saturated heterocycles. The number of nitrogen functional groups attached to an aromatic ring is 1. The van der Waals surface area contributed by atoms with Crippen LogP contribution in [0.1, 0.15) is 10.4 Å². The third-order valence-electron chi connectivity index (χ3n) is 2.85. The van der Waals surface area contributed by atoms with Crippen molar-refractivity contribution in [3.05, 3.63) is 36.0 Å². The molecular formula is C13H17N5O. The highest BCUT2D eigenvalue weighted by atomic mass is 16.1. The molecule has 0 unspecified atom stereocenters. The second-order valence-electron chi connectivity index (χ2n) is 4.47. The Hall–Kier alpha value is -2.50. The van der Waals surface area contributed by atoms with Crippen LogP contribution in [0.2, 0.25) is 0 Å². The molecule has 0 aliphatic heterocycles. The molecular weight excluding hydrogens is 242 g/mol. The van der Waals surface area contributed by atoms with Crippen LogP contribution >= 0.6 is 0 Å². The Morgan fingerprint density at radius 3 is 2.74 bits per heavy atom. The molecule has 0 atom stereocenters. The van der Waals surface area contributed by atoms with E-state index in [4.69, 9.17) is 5.73 Å². The molecule has 0 radical (unpaired) electrons. The minimum Gasteiger partial charge on any atom is -0.383 e. The Kier molecular flexibility index (Phi) is 3.41. The zero-order chi connectivity index (χ0) is 14.0. The first kappa shape index (κ1) is 12.9. The number of anilines is 3. The van der Waals surface area contributed by atoms with Crippen molar-refractivity contribution in [2.24, 2.45) is 7.05 Å². The van der Waals surface area contributed by atoms with Crippen molar-refractivity contribution in [1.29, 1.82) is 0 Å². The highest BCUT2D eigenvalue weighted by molar-refractivity contribution is 6.07. The standard InChI is InChI=1S/C13H17N5O/c1-17(2)10-6-4-5-9(7-10)16-13(19)11-8-15-18(3)12(11)14/h4-8H,14H2,1-3H3,(H,16,19). The van der Waals surface area contributed by atoms with Gasteiger partial charge in [0.1, 0.15) is 11.4 Å². The summed E-state index contributed by atoms with van der Waals surface area (Å²) in [5.41, 5.74) is 7.87. The van der Waals surface area contributed by atoms with Gasteiger partial charge in [0.25, 0.3) is 5.91 Å². The number of carbonyl (C=O) groups excluding carboxylic acids is 1. The Bertz CT molecular complexity index is 603. The minimum absolute atomic E-state index is 0.262. The van der Waals surface area contributed by atoms with Crippen LogP contribution in [0.3, 0.4) is 0 Å². The fourth-order valence-corrected chi connectivity index (χ4v) is 1.68. The topological polar surface area (TPSA) is 76.2 Å². The van der Waals surface area contributed by atoms with E-state index in [1.807, 2.05) is 43.3 Å². The number of aryl methyl sites for hydroxylation is 1. The van der Waals surface area contributed by atoms with Crippen LogP contribution in [0.4, 0.5) is 17.2 Å². The summed E-state index contributed by atoms with van der Waals surface area (Å²) in [4.78, 5) is 14.0. The van der Waals surface area contributed by atoms with Gasteiger partial charge in [-0.3, -0.25) is 9.48 Å². The maximum Gasteiger partial charge on any atom is 0.261 e. The molecule has 0 bridgehead atoms. The van der Waals surface area contributed by atoms with Crippen molar-refractivity contribution in [3.63, 3.8) is 0 Å². The Morgan fingerprint density at radius 2 is 2.16 bits per heavy atom. The second kappa shape index (κ2) is 5.01. The summed E-state index contributed by atoms with van der Waals surface area (Å²) in [6.07, 6.45) is 1.46. The van der Waals surface area contributed by atoms with Gasteiger partial charge in [-0.25, -0.2) is 0 Å². The summed E-state index contributed by atoms with van der Waals surface area (Å²) >= 11 is 0. The molecule has 0 aliphatic rings. The predicted octanol–water partition coefficient (Wildman–Crippen LogP) is 1.32. The van der Waals surface area contributed by atoms with E-state index in [0.29, 0.717) is 11.4 Å². The van der Waals surface area contributed by atoms with Gasteiger partial charge < -0.3 is 16.0 Å². The normalized spacial score (nSPS) is 10.3. The summed E-state index contributed by atoms with van der Waals surface area (Å²) < 4.78 is 1.46. The number of carbonyl (C=O) groups is 1. The highest BCUT2D eigenvalue weighted by Gasteiger charge is 2.13. The van der Waals surface area contributed by atoms with E-state index >= 15 is 0 Å². The molecule has 0 saturated carbocycles. The number of hydrogen-bond acceptors (Lipinski definition) is 4. The average Bonchev–Trinajstić information content (AvgIpc) is 2.70. The van der Waals surface area contributed by atoms with E-state index in [1.54, 1.807) is 7.05 Å². The van der Waals surface area contributed by atoms with Gasteiger partial charge in [0.05, 0.1) is 6.20 Å². The zero-order valence-electron chi connectivity index (χ0n) is 11.2. The number of amides is 1. The molecule has 0 fully saturated rings. The minimum atomic E-state index is -0.262. The lowest BCUT2D eigenvalue weighted by molar-refractivity contribution is 0.102. The molecule has 6 heteroatoms. The highest BCUT2D eigenvalue weighted by Crippen LogP contribution is 2.19. The van der Waals surface area contributed by atoms with Crippen molar-refractivity contribution in [2.75, 3.05) is 30.0 Å². The van der Waals surface area contributed by atoms with E-state index in [9.17, 15) is 4.79 Å². The van der Waals surface area contributed by atoms with E-state index in [2.05, 4.69) is 10.4 Å². The lowest BCUT2D eigenvalue weighted by atomic mass is 10.2. The predicted molar refractivity (Wildman–Crippen MR) is 76.3 cm³/mol. The molecule has 100 valence electrons. The van der Waals surface area contributed by atoms with E-state index in [-0.39, 0.29) is 5.91 Å². The molecule has 2 rings (SSSR count). The number of benzene rings is 1. The number of nitrogens with two attached hydrogens (primary N) is 1. The molecule has 1 aromatic carbocycles. The fraction of sp³-hybridized carbons (Fsp3) is 0.231. The number of nitrogens with zero attached hydrogens (tertiary/aromatic N) is 3. The van der Waals surface area contributed by atoms with Crippen LogP contribution < -0.4 is 16.0 Å². The summed E-state index contributed by atoms with van der Waals surface area (Å²) in [5, 5.41) is 6.76. The van der Waals surface area contributed by atoms with Crippen molar-refractivity contribution < 1.29 is 4.79 Å². The van der Waals surface area contributed by atoms with Crippen molar-refractivity contribution in [2.45, 2.75) is 0 Å². The van der Waals surface area contributed by atoms with Crippen LogP contribution in [-0.4, -0.2) is 29.8 Å². The summed E-state index contributed by atoms with van der Waals surface area (Å²) in [6, 6.07) is 7.58. The Morgan fingerprint density at radius 1 is 1.42 bits per heavy atom. The van der Waals surface area contributed by atoms with Crippen LogP contribution in [0.5, 0.6) is 0 Å². The Labute approximate surface area is 111 Å². The first-order valence-corrected chi connectivity index (χ1v) is 5.85. The van der Waals surface area contributed by atoms with Gasteiger partial charge in [0.2, 0.25) is 0 Å². The Balaban J connectivity index is 2.19. The van der Waals surface area contributed by atoms with Crippen molar-refractivity contribution in [1.82, 2.24) is 9.78 Å². The van der Waals surface area contributed by atoms with Gasteiger partial charge in [-0.05, 0) is 18.2 Å². The van der Waals surface area contributed by atoms with Gasteiger partial charge in [0, 0.05) is 32.5 Å².